The van der Waals surface area contributed by atoms with Crippen molar-refractivity contribution in [2.45, 2.75) is 44.4 Å². The van der Waals surface area contributed by atoms with Crippen LogP contribution in [0.15, 0.2) is 0 Å². The number of rotatable bonds is 3. The maximum atomic E-state index is 12.3. The predicted octanol–water partition coefficient (Wildman–Crippen LogP) is 0.256. The van der Waals surface area contributed by atoms with E-state index in [-0.39, 0.29) is 11.9 Å². The van der Waals surface area contributed by atoms with Gasteiger partial charge in [-0.1, -0.05) is 6.92 Å². The van der Waals surface area contributed by atoms with Crippen molar-refractivity contribution in [1.29, 1.82) is 0 Å². The summed E-state index contributed by atoms with van der Waals surface area (Å²) in [5, 5.41) is 8.85. The molecule has 2 heterocycles. The summed E-state index contributed by atoms with van der Waals surface area (Å²) in [6.07, 6.45) is 0.301. The standard InChI is InChI=1S/C12H19NO5/c1-2-8-7-17-6-5-13(8)11(14)9-3-4-10(18-9)12(15)16/h8-10H,2-7H2,1H3,(H,15,16). The van der Waals surface area contributed by atoms with Crippen molar-refractivity contribution in [2.75, 3.05) is 19.8 Å². The zero-order valence-electron chi connectivity index (χ0n) is 10.5. The van der Waals surface area contributed by atoms with Crippen LogP contribution in [0.3, 0.4) is 0 Å². The van der Waals surface area contributed by atoms with Gasteiger partial charge >= 0.3 is 5.97 Å². The van der Waals surface area contributed by atoms with Crippen molar-refractivity contribution < 1.29 is 24.2 Å². The molecule has 0 aliphatic carbocycles. The van der Waals surface area contributed by atoms with Gasteiger partial charge in [-0.2, -0.15) is 0 Å². The fourth-order valence-corrected chi connectivity index (χ4v) is 2.47. The van der Waals surface area contributed by atoms with Gasteiger partial charge < -0.3 is 19.5 Å². The van der Waals surface area contributed by atoms with Crippen molar-refractivity contribution in [3.8, 4) is 0 Å². The summed E-state index contributed by atoms with van der Waals surface area (Å²) in [5.74, 6) is -1.08. The molecule has 2 fully saturated rings. The SMILES string of the molecule is CCC1COCCN1C(=O)C1CCC(C(=O)O)O1. The Bertz CT molecular complexity index is 332. The van der Waals surface area contributed by atoms with Crippen LogP contribution in [0, 0.1) is 0 Å². The molecule has 3 unspecified atom stereocenters. The number of carbonyl (C=O) groups is 2. The highest BCUT2D eigenvalue weighted by Gasteiger charge is 2.38. The molecule has 2 rings (SSSR count). The number of carboxylic acid groups (broad SMARTS) is 1. The van der Waals surface area contributed by atoms with Crippen molar-refractivity contribution in [2.24, 2.45) is 0 Å². The number of hydrogen-bond donors (Lipinski definition) is 1. The minimum atomic E-state index is -0.987. The van der Waals surface area contributed by atoms with Crippen molar-refractivity contribution >= 4 is 11.9 Å². The Balaban J connectivity index is 1.96. The largest absolute Gasteiger partial charge is 0.479 e. The average molecular weight is 257 g/mol. The van der Waals surface area contributed by atoms with Gasteiger partial charge in [-0.15, -0.1) is 0 Å². The third kappa shape index (κ3) is 2.64. The highest BCUT2D eigenvalue weighted by atomic mass is 16.5. The molecule has 2 aliphatic rings. The quantitative estimate of drug-likeness (QED) is 0.784. The smallest absolute Gasteiger partial charge is 0.332 e. The lowest BCUT2D eigenvalue weighted by Gasteiger charge is -2.36. The molecule has 1 N–H and O–H groups in total. The van der Waals surface area contributed by atoms with E-state index in [9.17, 15) is 9.59 Å². The zero-order chi connectivity index (χ0) is 13.1. The minimum Gasteiger partial charge on any atom is -0.479 e. The van der Waals surface area contributed by atoms with E-state index < -0.39 is 18.2 Å². The van der Waals surface area contributed by atoms with E-state index in [1.807, 2.05) is 6.92 Å². The Morgan fingerprint density at radius 3 is 2.67 bits per heavy atom. The molecule has 0 spiro atoms. The van der Waals surface area contributed by atoms with Gasteiger partial charge in [0, 0.05) is 6.54 Å². The lowest BCUT2D eigenvalue weighted by molar-refractivity contribution is -0.158. The third-order valence-corrected chi connectivity index (χ3v) is 3.55. The first-order chi connectivity index (χ1) is 8.63. The molecule has 3 atom stereocenters. The monoisotopic (exact) mass is 257 g/mol. The Kier molecular flexibility index (Phi) is 4.19. The molecule has 6 heteroatoms. The summed E-state index contributed by atoms with van der Waals surface area (Å²) in [6, 6.07) is 0.0822. The van der Waals surface area contributed by atoms with Gasteiger partial charge in [0.15, 0.2) is 6.10 Å². The number of carbonyl (C=O) groups excluding carboxylic acids is 1. The summed E-state index contributed by atoms with van der Waals surface area (Å²) < 4.78 is 10.6. The van der Waals surface area contributed by atoms with E-state index >= 15 is 0 Å². The molecule has 0 saturated carbocycles. The van der Waals surface area contributed by atoms with E-state index in [0.717, 1.165) is 6.42 Å². The number of nitrogens with zero attached hydrogens (tertiary/aromatic N) is 1. The Labute approximate surface area is 106 Å². The van der Waals surface area contributed by atoms with E-state index in [4.69, 9.17) is 14.6 Å². The minimum absolute atomic E-state index is 0.0822. The molecule has 102 valence electrons. The van der Waals surface area contributed by atoms with Gasteiger partial charge in [-0.05, 0) is 19.3 Å². The second-order valence-corrected chi connectivity index (χ2v) is 4.70. The van der Waals surface area contributed by atoms with Crippen LogP contribution in [0.25, 0.3) is 0 Å². The normalized spacial score (nSPS) is 32.5. The summed E-state index contributed by atoms with van der Waals surface area (Å²) in [4.78, 5) is 24.9. The van der Waals surface area contributed by atoms with Crippen LogP contribution in [0.1, 0.15) is 26.2 Å². The van der Waals surface area contributed by atoms with Crippen LogP contribution in [0.4, 0.5) is 0 Å². The van der Waals surface area contributed by atoms with Crippen LogP contribution in [-0.4, -0.2) is 59.9 Å². The lowest BCUT2D eigenvalue weighted by Crippen LogP contribution is -2.51. The van der Waals surface area contributed by atoms with E-state index in [1.54, 1.807) is 4.90 Å². The molecule has 6 nitrogen and oxygen atoms in total. The molecule has 2 saturated heterocycles. The number of morpholine rings is 1. The Morgan fingerprint density at radius 1 is 1.33 bits per heavy atom. The second kappa shape index (κ2) is 5.67. The fourth-order valence-electron chi connectivity index (χ4n) is 2.47. The van der Waals surface area contributed by atoms with Crippen LogP contribution in [0.2, 0.25) is 0 Å². The maximum absolute atomic E-state index is 12.3. The summed E-state index contributed by atoms with van der Waals surface area (Å²) >= 11 is 0. The van der Waals surface area contributed by atoms with Crippen molar-refractivity contribution in [3.05, 3.63) is 0 Å². The second-order valence-electron chi connectivity index (χ2n) is 4.70. The number of aliphatic carboxylic acids is 1. The summed E-state index contributed by atoms with van der Waals surface area (Å²) in [5.41, 5.74) is 0. The number of hydrogen-bond acceptors (Lipinski definition) is 4. The topological polar surface area (TPSA) is 76.1 Å². The molecule has 0 radical (unpaired) electrons. The highest BCUT2D eigenvalue weighted by Crippen LogP contribution is 2.23. The van der Waals surface area contributed by atoms with Gasteiger partial charge in [-0.3, -0.25) is 4.79 Å². The predicted molar refractivity (Wildman–Crippen MR) is 62.1 cm³/mol. The molecule has 0 aromatic rings. The molecule has 0 aromatic carbocycles. The lowest BCUT2D eigenvalue weighted by atomic mass is 10.1. The molecular formula is C12H19NO5. The first-order valence-corrected chi connectivity index (χ1v) is 6.40. The molecule has 0 aromatic heterocycles. The molecule has 1 amide bonds. The van der Waals surface area contributed by atoms with Gasteiger partial charge in [0.1, 0.15) is 6.10 Å². The van der Waals surface area contributed by atoms with Crippen molar-refractivity contribution in [3.63, 3.8) is 0 Å². The van der Waals surface area contributed by atoms with E-state index in [0.29, 0.717) is 32.6 Å². The number of amides is 1. The van der Waals surface area contributed by atoms with Crippen LogP contribution >= 0.6 is 0 Å². The van der Waals surface area contributed by atoms with Crippen molar-refractivity contribution in [1.82, 2.24) is 4.90 Å². The number of ether oxygens (including phenoxy) is 2. The first kappa shape index (κ1) is 13.3. The Morgan fingerprint density at radius 2 is 2.06 bits per heavy atom. The Hall–Kier alpha value is -1.14. The van der Waals surface area contributed by atoms with Crippen LogP contribution < -0.4 is 0 Å². The third-order valence-electron chi connectivity index (χ3n) is 3.55. The van der Waals surface area contributed by atoms with Gasteiger partial charge in [0.05, 0.1) is 19.3 Å². The van der Waals surface area contributed by atoms with E-state index in [1.165, 1.54) is 0 Å². The highest BCUT2D eigenvalue weighted by molar-refractivity contribution is 5.83. The zero-order valence-corrected chi connectivity index (χ0v) is 10.5. The fraction of sp³-hybridized carbons (Fsp3) is 0.833. The maximum Gasteiger partial charge on any atom is 0.332 e. The first-order valence-electron chi connectivity index (χ1n) is 6.40. The molecule has 18 heavy (non-hydrogen) atoms. The molecule has 2 aliphatic heterocycles. The summed E-state index contributed by atoms with van der Waals surface area (Å²) in [7, 11) is 0. The van der Waals surface area contributed by atoms with Gasteiger partial charge in [-0.25, -0.2) is 4.79 Å². The molecule has 0 bridgehead atoms. The average Bonchev–Trinajstić information content (AvgIpc) is 2.87. The van der Waals surface area contributed by atoms with Crippen LogP contribution in [0.5, 0.6) is 0 Å². The van der Waals surface area contributed by atoms with Gasteiger partial charge in [0.25, 0.3) is 5.91 Å². The van der Waals surface area contributed by atoms with Gasteiger partial charge in [0.2, 0.25) is 0 Å². The molecular weight excluding hydrogens is 238 g/mol. The van der Waals surface area contributed by atoms with E-state index in [2.05, 4.69) is 0 Å². The van der Waals surface area contributed by atoms with Crippen LogP contribution in [-0.2, 0) is 19.1 Å². The summed E-state index contributed by atoms with van der Waals surface area (Å²) in [6.45, 7) is 3.67. The number of carboxylic acids is 1.